The van der Waals surface area contributed by atoms with Crippen LogP contribution in [0.25, 0.3) is 11.0 Å². The minimum Gasteiger partial charge on any atom is -0.337 e. The van der Waals surface area contributed by atoms with Gasteiger partial charge in [-0.05, 0) is 51.0 Å². The van der Waals surface area contributed by atoms with E-state index in [4.69, 9.17) is 10.3 Å². The van der Waals surface area contributed by atoms with Gasteiger partial charge in [0.05, 0.1) is 22.9 Å². The van der Waals surface area contributed by atoms with Crippen LogP contribution >= 0.6 is 0 Å². The lowest BCUT2D eigenvalue weighted by Gasteiger charge is -2.11. The highest BCUT2D eigenvalue weighted by molar-refractivity contribution is 5.77. The van der Waals surface area contributed by atoms with E-state index < -0.39 is 5.54 Å². The van der Waals surface area contributed by atoms with Gasteiger partial charge in [0.2, 0.25) is 5.89 Å². The molecule has 0 aliphatic rings. The average Bonchev–Trinajstić information content (AvgIpc) is 2.99. The number of rotatable bonds is 3. The number of fused-ring (bicyclic) bond motifs is 1. The van der Waals surface area contributed by atoms with Gasteiger partial charge in [0.15, 0.2) is 5.82 Å². The Bertz CT molecular complexity index is 794. The third-order valence-electron chi connectivity index (χ3n) is 3.59. The Labute approximate surface area is 123 Å². The smallest absolute Gasteiger partial charge is 0.246 e. The molecule has 0 saturated heterocycles. The predicted molar refractivity (Wildman–Crippen MR) is 79.8 cm³/mol. The topological polar surface area (TPSA) is 82.8 Å². The van der Waals surface area contributed by atoms with Crippen molar-refractivity contribution in [2.45, 2.75) is 39.8 Å². The standard InChI is InChI=1S/C15H19N5O/c1-9-5-11-12(6-10(9)2)20(8-17-11)7-13-18-14(19-21-13)15(3,4)16/h5-6,8H,7,16H2,1-4H3. The van der Waals surface area contributed by atoms with Crippen molar-refractivity contribution in [3.05, 3.63) is 41.3 Å². The monoisotopic (exact) mass is 285 g/mol. The van der Waals surface area contributed by atoms with Crippen molar-refractivity contribution in [2.24, 2.45) is 5.73 Å². The largest absolute Gasteiger partial charge is 0.337 e. The van der Waals surface area contributed by atoms with Crippen LogP contribution in [0.15, 0.2) is 23.0 Å². The van der Waals surface area contributed by atoms with Crippen molar-refractivity contribution in [2.75, 3.05) is 0 Å². The van der Waals surface area contributed by atoms with Gasteiger partial charge in [0.1, 0.15) is 6.54 Å². The van der Waals surface area contributed by atoms with Gasteiger partial charge >= 0.3 is 0 Å². The molecule has 21 heavy (non-hydrogen) atoms. The second-order valence-corrected chi connectivity index (χ2v) is 6.03. The number of nitrogens with two attached hydrogens (primary N) is 1. The van der Waals surface area contributed by atoms with Crippen molar-refractivity contribution in [3.8, 4) is 0 Å². The number of hydrogen-bond acceptors (Lipinski definition) is 5. The summed E-state index contributed by atoms with van der Waals surface area (Å²) in [4.78, 5) is 8.77. The van der Waals surface area contributed by atoms with Crippen molar-refractivity contribution in [1.29, 1.82) is 0 Å². The van der Waals surface area contributed by atoms with Crippen LogP contribution in [0.2, 0.25) is 0 Å². The lowest BCUT2D eigenvalue weighted by atomic mass is 10.1. The van der Waals surface area contributed by atoms with Gasteiger partial charge in [-0.25, -0.2) is 4.98 Å². The van der Waals surface area contributed by atoms with E-state index in [0.717, 1.165) is 11.0 Å². The minimum atomic E-state index is -0.605. The van der Waals surface area contributed by atoms with E-state index in [9.17, 15) is 0 Å². The predicted octanol–water partition coefficient (Wildman–Crippen LogP) is 2.28. The van der Waals surface area contributed by atoms with Crippen LogP contribution in [0.4, 0.5) is 0 Å². The summed E-state index contributed by atoms with van der Waals surface area (Å²) in [6.45, 7) is 8.36. The van der Waals surface area contributed by atoms with E-state index >= 15 is 0 Å². The summed E-state index contributed by atoms with van der Waals surface area (Å²) < 4.78 is 7.28. The lowest BCUT2D eigenvalue weighted by Crippen LogP contribution is -2.30. The number of hydrogen-bond donors (Lipinski definition) is 1. The maximum atomic E-state index is 5.97. The van der Waals surface area contributed by atoms with Crippen molar-refractivity contribution >= 4 is 11.0 Å². The molecule has 6 heteroatoms. The Hall–Kier alpha value is -2.21. The molecule has 0 radical (unpaired) electrons. The van der Waals surface area contributed by atoms with Gasteiger partial charge in [0, 0.05) is 0 Å². The molecule has 0 amide bonds. The Kier molecular flexibility index (Phi) is 3.06. The summed E-state index contributed by atoms with van der Waals surface area (Å²) in [5.74, 6) is 1.04. The molecule has 0 saturated carbocycles. The quantitative estimate of drug-likeness (QED) is 0.798. The molecule has 110 valence electrons. The van der Waals surface area contributed by atoms with Crippen LogP contribution in [0.1, 0.15) is 36.7 Å². The first-order valence-corrected chi connectivity index (χ1v) is 6.88. The van der Waals surface area contributed by atoms with Crippen LogP contribution in [0, 0.1) is 13.8 Å². The highest BCUT2D eigenvalue weighted by atomic mass is 16.5. The second-order valence-electron chi connectivity index (χ2n) is 6.03. The Morgan fingerprint density at radius 3 is 2.62 bits per heavy atom. The highest BCUT2D eigenvalue weighted by Crippen LogP contribution is 2.20. The summed E-state index contributed by atoms with van der Waals surface area (Å²) in [6, 6.07) is 4.21. The number of imidazole rings is 1. The highest BCUT2D eigenvalue weighted by Gasteiger charge is 2.21. The Balaban J connectivity index is 1.95. The normalized spacial score (nSPS) is 12.2. The van der Waals surface area contributed by atoms with Crippen molar-refractivity contribution < 1.29 is 4.52 Å². The molecule has 0 unspecified atom stereocenters. The van der Waals surface area contributed by atoms with E-state index in [1.54, 1.807) is 6.33 Å². The summed E-state index contributed by atoms with van der Waals surface area (Å²) in [6.07, 6.45) is 1.79. The van der Waals surface area contributed by atoms with Crippen molar-refractivity contribution in [1.82, 2.24) is 19.7 Å². The average molecular weight is 285 g/mol. The molecular formula is C15H19N5O. The summed E-state index contributed by atoms with van der Waals surface area (Å²) in [7, 11) is 0. The second kappa shape index (κ2) is 4.66. The molecule has 0 spiro atoms. The molecule has 0 fully saturated rings. The molecule has 2 aromatic heterocycles. The maximum Gasteiger partial charge on any atom is 0.246 e. The van der Waals surface area contributed by atoms with Crippen molar-refractivity contribution in [3.63, 3.8) is 0 Å². The zero-order valence-corrected chi connectivity index (χ0v) is 12.7. The number of benzene rings is 1. The van der Waals surface area contributed by atoms with E-state index in [-0.39, 0.29) is 0 Å². The van der Waals surface area contributed by atoms with E-state index in [1.165, 1.54) is 11.1 Å². The molecule has 2 N–H and O–H groups in total. The summed E-state index contributed by atoms with van der Waals surface area (Å²) in [5, 5.41) is 3.93. The third kappa shape index (κ3) is 2.54. The number of nitrogens with zero attached hydrogens (tertiary/aromatic N) is 4. The first-order valence-electron chi connectivity index (χ1n) is 6.88. The van der Waals surface area contributed by atoms with Crippen LogP contribution in [0.3, 0.4) is 0 Å². The van der Waals surface area contributed by atoms with E-state index in [1.807, 2.05) is 18.4 Å². The molecular weight excluding hydrogens is 266 g/mol. The van der Waals surface area contributed by atoms with Crippen LogP contribution < -0.4 is 5.73 Å². The minimum absolute atomic E-state index is 0.488. The summed E-state index contributed by atoms with van der Waals surface area (Å²) in [5.41, 5.74) is 9.86. The molecule has 0 bridgehead atoms. The maximum absolute atomic E-state index is 5.97. The molecule has 0 aliphatic carbocycles. The number of aromatic nitrogens is 4. The fourth-order valence-electron chi connectivity index (χ4n) is 2.17. The molecule has 1 aromatic carbocycles. The van der Waals surface area contributed by atoms with E-state index in [0.29, 0.717) is 18.3 Å². The molecule has 0 aliphatic heterocycles. The van der Waals surface area contributed by atoms with Crippen LogP contribution in [-0.4, -0.2) is 19.7 Å². The zero-order chi connectivity index (χ0) is 15.2. The fraction of sp³-hybridized carbons (Fsp3) is 0.400. The van der Waals surface area contributed by atoms with Gasteiger partial charge in [-0.15, -0.1) is 0 Å². The Morgan fingerprint density at radius 2 is 1.95 bits per heavy atom. The lowest BCUT2D eigenvalue weighted by molar-refractivity contribution is 0.356. The fourth-order valence-corrected chi connectivity index (χ4v) is 2.17. The molecule has 3 aromatic rings. The SMILES string of the molecule is Cc1cc2ncn(Cc3nc(C(C)(C)N)no3)c2cc1C. The van der Waals surface area contributed by atoms with Gasteiger partial charge in [-0.1, -0.05) is 5.16 Å². The number of aryl methyl sites for hydroxylation is 2. The third-order valence-corrected chi connectivity index (χ3v) is 3.59. The van der Waals surface area contributed by atoms with Gasteiger partial charge < -0.3 is 14.8 Å². The zero-order valence-electron chi connectivity index (χ0n) is 12.7. The van der Waals surface area contributed by atoms with Gasteiger partial charge in [0.25, 0.3) is 0 Å². The Morgan fingerprint density at radius 1 is 1.24 bits per heavy atom. The molecule has 3 rings (SSSR count). The van der Waals surface area contributed by atoms with Gasteiger partial charge in [-0.2, -0.15) is 4.98 Å². The molecule has 0 atom stereocenters. The molecule has 2 heterocycles. The summed E-state index contributed by atoms with van der Waals surface area (Å²) >= 11 is 0. The van der Waals surface area contributed by atoms with Gasteiger partial charge in [-0.3, -0.25) is 0 Å². The molecule has 6 nitrogen and oxygen atoms in total. The van der Waals surface area contributed by atoms with E-state index in [2.05, 4.69) is 41.1 Å². The first kappa shape index (κ1) is 13.8. The van der Waals surface area contributed by atoms with Crippen LogP contribution in [0.5, 0.6) is 0 Å². The van der Waals surface area contributed by atoms with Crippen LogP contribution in [-0.2, 0) is 12.1 Å². The first-order chi connectivity index (χ1) is 9.84.